The first-order valence-electron chi connectivity index (χ1n) is 23.6. The first kappa shape index (κ1) is 46.7. The molecule has 0 bridgehead atoms. The van der Waals surface area contributed by atoms with E-state index in [2.05, 4.69) is 20.6 Å². The quantitative estimate of drug-likeness (QED) is 0.0869. The lowest BCUT2D eigenvalue weighted by Gasteiger charge is -2.31. The Labute approximate surface area is 399 Å². The maximum Gasteiger partial charge on any atom is 0.407 e. The van der Waals surface area contributed by atoms with Gasteiger partial charge in [0.25, 0.3) is 0 Å². The number of fused-ring (bicyclic) bond motifs is 5. The zero-order chi connectivity index (χ0) is 48.7. The van der Waals surface area contributed by atoms with Gasteiger partial charge in [-0.1, -0.05) is 45.9 Å². The Balaban J connectivity index is 1.04. The van der Waals surface area contributed by atoms with E-state index in [9.17, 15) is 19.2 Å². The van der Waals surface area contributed by atoms with Gasteiger partial charge >= 0.3 is 12.2 Å². The molecule has 2 fully saturated rings. The summed E-state index contributed by atoms with van der Waals surface area (Å²) in [7, 11) is 2.54. The molecule has 0 unspecified atom stereocenters. The lowest BCUT2D eigenvalue weighted by atomic mass is 10.0. The van der Waals surface area contributed by atoms with E-state index in [0.29, 0.717) is 78.2 Å². The highest BCUT2D eigenvalue weighted by atomic mass is 19.1. The summed E-state index contributed by atoms with van der Waals surface area (Å²) in [5.74, 6) is 0.963. The Bertz CT molecular complexity index is 2910. The number of H-pyrrole nitrogens is 2. The topological polar surface area (TPSA) is 198 Å². The maximum absolute atomic E-state index is 16.9. The number of benzene rings is 3. The smallest absolute Gasteiger partial charge is 0.407 e. The molecule has 6 heterocycles. The third-order valence-electron chi connectivity index (χ3n) is 13.4. The number of hydrogen-bond donors (Lipinski definition) is 4. The van der Waals surface area contributed by atoms with Gasteiger partial charge in [0.15, 0.2) is 0 Å². The van der Waals surface area contributed by atoms with E-state index in [1.54, 1.807) is 22.2 Å². The van der Waals surface area contributed by atoms with Gasteiger partial charge in [0.05, 0.1) is 73.5 Å². The molecule has 9 rings (SSSR count). The fraction of sp³-hybridized carbons (Fsp3) is 0.412. The van der Waals surface area contributed by atoms with Crippen molar-refractivity contribution in [2.24, 2.45) is 11.8 Å². The minimum absolute atomic E-state index is 0.160. The van der Waals surface area contributed by atoms with Crippen LogP contribution in [-0.4, -0.2) is 104 Å². The molecular formula is C51H58FN9O8. The number of aromatic nitrogens is 5. The number of nitrogens with zero attached hydrogens (tertiary/aromatic N) is 5. The van der Waals surface area contributed by atoms with Crippen molar-refractivity contribution in [3.8, 4) is 45.3 Å². The number of likely N-dealkylation sites (tertiary alicyclic amines) is 2. The number of hydrogen-bond acceptors (Lipinski definition) is 10. The van der Waals surface area contributed by atoms with Crippen molar-refractivity contribution in [1.29, 1.82) is 0 Å². The van der Waals surface area contributed by atoms with Gasteiger partial charge in [0.2, 0.25) is 18.0 Å². The van der Waals surface area contributed by atoms with Crippen LogP contribution in [0.4, 0.5) is 14.0 Å². The molecule has 0 aliphatic carbocycles. The number of aromatic amines is 2. The van der Waals surface area contributed by atoms with Crippen LogP contribution in [0, 0.1) is 17.7 Å². The summed E-state index contributed by atoms with van der Waals surface area (Å²) in [5.41, 5.74) is 5.19. The number of carbonyl (C=O) groups is 4. The minimum Gasteiger partial charge on any atom is -0.494 e. The van der Waals surface area contributed by atoms with E-state index < -0.39 is 36.3 Å². The van der Waals surface area contributed by atoms with Crippen molar-refractivity contribution in [2.75, 3.05) is 33.9 Å². The highest BCUT2D eigenvalue weighted by Crippen LogP contribution is 2.48. The average molecular weight is 944 g/mol. The molecule has 5 atom stereocenters. The monoisotopic (exact) mass is 943 g/mol. The Hall–Kier alpha value is -7.37. The minimum atomic E-state index is -0.781. The zero-order valence-electron chi connectivity index (χ0n) is 39.8. The van der Waals surface area contributed by atoms with Crippen LogP contribution in [0.3, 0.4) is 0 Å². The molecule has 0 spiro atoms. The number of imidazole rings is 2. The van der Waals surface area contributed by atoms with Crippen LogP contribution in [0.15, 0.2) is 73.1 Å². The lowest BCUT2D eigenvalue weighted by Crippen LogP contribution is -2.51. The van der Waals surface area contributed by atoms with Gasteiger partial charge in [-0.15, -0.1) is 0 Å². The largest absolute Gasteiger partial charge is 0.494 e. The molecule has 3 aliphatic heterocycles. The van der Waals surface area contributed by atoms with E-state index in [0.717, 1.165) is 40.6 Å². The van der Waals surface area contributed by atoms with Crippen molar-refractivity contribution in [2.45, 2.75) is 90.7 Å². The van der Waals surface area contributed by atoms with Crippen LogP contribution >= 0.6 is 0 Å². The predicted octanol–water partition coefficient (Wildman–Crippen LogP) is 8.65. The molecule has 3 aliphatic rings. The fourth-order valence-corrected chi connectivity index (χ4v) is 9.93. The van der Waals surface area contributed by atoms with E-state index in [4.69, 9.17) is 28.9 Å². The van der Waals surface area contributed by atoms with Gasteiger partial charge in [0.1, 0.15) is 41.0 Å². The van der Waals surface area contributed by atoms with E-state index in [1.807, 2.05) is 93.8 Å². The Morgan fingerprint density at radius 1 is 0.783 bits per heavy atom. The molecule has 0 saturated carbocycles. The van der Waals surface area contributed by atoms with Crippen LogP contribution in [0.1, 0.15) is 95.8 Å². The number of alkyl carbamates (subject to hydrolysis) is 2. The summed E-state index contributed by atoms with van der Waals surface area (Å²) in [4.78, 5) is 71.7. The van der Waals surface area contributed by atoms with Crippen LogP contribution in [0.25, 0.3) is 44.7 Å². The molecule has 3 aromatic heterocycles. The summed E-state index contributed by atoms with van der Waals surface area (Å²) in [6.07, 6.45) is 4.27. The summed E-state index contributed by atoms with van der Waals surface area (Å²) in [5, 5.41) is 6.22. The van der Waals surface area contributed by atoms with Crippen LogP contribution in [0.5, 0.6) is 11.5 Å². The first-order chi connectivity index (χ1) is 33.3. The van der Waals surface area contributed by atoms with Crippen LogP contribution in [0.2, 0.25) is 0 Å². The highest BCUT2D eigenvalue weighted by Gasteiger charge is 2.40. The van der Waals surface area contributed by atoms with Gasteiger partial charge in [-0.3, -0.25) is 9.59 Å². The van der Waals surface area contributed by atoms with Crippen molar-refractivity contribution in [1.82, 2.24) is 44.9 Å². The standard InChI is InChI=1S/C51H58FN9O8/c1-8-68-33-13-9-12-30(21-33)49-61-37-17-16-29(35-25-53-45(55-35)38-14-10-18-59(38)47(62)43(27(2)3)57-50(64)66-6)20-32(37)23-40(61)42-34(52)22-31(24-41(42)69-49)36-26-54-46(56-36)39-15-11-19-60(39)48(63)44(28(4)5)58-51(65)67-7/h9,12-13,16-17,20-28,38-39,43-44,49H,8,10-11,14-15,18-19H2,1-7H3,(H,53,55)(H,54,56)(H,57,64)(H,58,65)/t38-,39-,43-,44-,49-/m0/s1. The third-order valence-corrected chi connectivity index (χ3v) is 13.4. The summed E-state index contributed by atoms with van der Waals surface area (Å²) in [6.45, 7) is 10.9. The van der Waals surface area contributed by atoms with Gasteiger partial charge < -0.3 is 53.9 Å². The SMILES string of the molecule is CCOc1cccc([C@@H]2Oc3cc(-c4cnc([C@@H]5CCCN5C(=O)[C@@H](NC(=O)OC)C(C)C)[nH]4)cc(F)c3-c3cc4cc(-c5cnc([C@@H]6CCCN6C(=O)[C@@H](NC(=O)OC)C(C)C)[nH]5)ccc4n32)c1. The summed E-state index contributed by atoms with van der Waals surface area (Å²) < 4.78 is 41.3. The van der Waals surface area contributed by atoms with Gasteiger partial charge in [-0.05, 0) is 86.9 Å². The van der Waals surface area contributed by atoms with E-state index in [1.165, 1.54) is 20.3 Å². The zero-order valence-corrected chi connectivity index (χ0v) is 39.8. The van der Waals surface area contributed by atoms with Crippen molar-refractivity contribution in [3.05, 3.63) is 96.1 Å². The highest BCUT2D eigenvalue weighted by molar-refractivity contribution is 5.93. The van der Waals surface area contributed by atoms with Gasteiger partial charge in [-0.25, -0.2) is 23.9 Å². The van der Waals surface area contributed by atoms with E-state index in [-0.39, 0.29) is 35.7 Å². The molecule has 18 heteroatoms. The Morgan fingerprint density at radius 3 is 1.94 bits per heavy atom. The third kappa shape index (κ3) is 8.95. The molecule has 2 saturated heterocycles. The number of rotatable bonds is 13. The average Bonchev–Trinajstić information content (AvgIpc) is 4.20. The molecule has 362 valence electrons. The Kier molecular flexibility index (Phi) is 13.1. The molecule has 6 aromatic rings. The van der Waals surface area contributed by atoms with Crippen LogP contribution < -0.4 is 20.1 Å². The lowest BCUT2D eigenvalue weighted by molar-refractivity contribution is -0.136. The molecule has 0 radical (unpaired) electrons. The predicted molar refractivity (Wildman–Crippen MR) is 255 cm³/mol. The van der Waals surface area contributed by atoms with Crippen LogP contribution in [-0.2, 0) is 19.1 Å². The molecular weight excluding hydrogens is 886 g/mol. The maximum atomic E-state index is 16.9. The fourth-order valence-electron chi connectivity index (χ4n) is 9.93. The number of amides is 4. The summed E-state index contributed by atoms with van der Waals surface area (Å²) in [6, 6.07) is 16.7. The van der Waals surface area contributed by atoms with E-state index >= 15 is 4.39 Å². The number of halogens is 1. The van der Waals surface area contributed by atoms with Gasteiger partial charge in [0, 0.05) is 35.2 Å². The number of carbonyl (C=O) groups excluding carboxylic acids is 4. The molecule has 4 N–H and O–H groups in total. The van der Waals surface area contributed by atoms with Crippen molar-refractivity contribution in [3.63, 3.8) is 0 Å². The second-order valence-corrected chi connectivity index (χ2v) is 18.4. The number of ether oxygens (including phenoxy) is 4. The van der Waals surface area contributed by atoms with Crippen molar-refractivity contribution < 1.29 is 42.5 Å². The number of nitrogens with one attached hydrogen (secondary N) is 4. The number of methoxy groups -OCH3 is 2. The molecule has 69 heavy (non-hydrogen) atoms. The molecule has 4 amide bonds. The van der Waals surface area contributed by atoms with Crippen molar-refractivity contribution >= 4 is 34.9 Å². The molecule has 3 aromatic carbocycles. The second kappa shape index (κ2) is 19.3. The summed E-state index contributed by atoms with van der Waals surface area (Å²) >= 11 is 0. The first-order valence-corrected chi connectivity index (χ1v) is 23.6. The Morgan fingerprint density at radius 2 is 1.38 bits per heavy atom. The second-order valence-electron chi connectivity index (χ2n) is 18.4. The normalized spacial score (nSPS) is 18.4. The van der Waals surface area contributed by atoms with Gasteiger partial charge in [-0.2, -0.15) is 0 Å². The molecule has 17 nitrogen and oxygen atoms in total.